The molecular formula is C15H13ClN2O3. The maximum atomic E-state index is 11.7. The van der Waals surface area contributed by atoms with Crippen LogP contribution in [0, 0.1) is 0 Å². The molecule has 0 bridgehead atoms. The molecular weight excluding hydrogens is 292 g/mol. The van der Waals surface area contributed by atoms with Crippen molar-refractivity contribution < 1.29 is 14.7 Å². The lowest BCUT2D eigenvalue weighted by Crippen LogP contribution is -2.28. The van der Waals surface area contributed by atoms with E-state index >= 15 is 0 Å². The van der Waals surface area contributed by atoms with E-state index < -0.39 is 5.97 Å². The van der Waals surface area contributed by atoms with Gasteiger partial charge in [-0.05, 0) is 35.9 Å². The van der Waals surface area contributed by atoms with Crippen LogP contribution < -0.4 is 10.6 Å². The minimum atomic E-state index is -0.979. The molecule has 5 nitrogen and oxygen atoms in total. The molecule has 0 heterocycles. The average molecular weight is 305 g/mol. The number of anilines is 1. The number of carbonyl (C=O) groups excluding carboxylic acids is 1. The minimum absolute atomic E-state index is 0.210. The van der Waals surface area contributed by atoms with Crippen molar-refractivity contribution in [2.24, 2.45) is 0 Å². The van der Waals surface area contributed by atoms with Gasteiger partial charge in [0, 0.05) is 17.3 Å². The van der Waals surface area contributed by atoms with Crippen molar-refractivity contribution in [2.45, 2.75) is 6.54 Å². The molecule has 3 N–H and O–H groups in total. The second-order valence-corrected chi connectivity index (χ2v) is 4.76. The van der Waals surface area contributed by atoms with Gasteiger partial charge in [-0.2, -0.15) is 0 Å². The number of amides is 2. The molecule has 0 aliphatic carbocycles. The van der Waals surface area contributed by atoms with E-state index in [9.17, 15) is 9.59 Å². The van der Waals surface area contributed by atoms with Crippen LogP contribution in [0.4, 0.5) is 10.5 Å². The Balaban J connectivity index is 1.87. The van der Waals surface area contributed by atoms with Crippen molar-refractivity contribution in [3.63, 3.8) is 0 Å². The number of carboxylic acids is 1. The Hall–Kier alpha value is -2.53. The van der Waals surface area contributed by atoms with Crippen molar-refractivity contribution in [3.05, 3.63) is 64.7 Å². The van der Waals surface area contributed by atoms with Crippen molar-refractivity contribution in [2.75, 3.05) is 5.32 Å². The number of rotatable bonds is 4. The topological polar surface area (TPSA) is 78.4 Å². The van der Waals surface area contributed by atoms with Gasteiger partial charge in [0.2, 0.25) is 0 Å². The lowest BCUT2D eigenvalue weighted by molar-refractivity contribution is 0.0697. The predicted octanol–water partition coefficient (Wildman–Crippen LogP) is 3.36. The summed E-state index contributed by atoms with van der Waals surface area (Å²) < 4.78 is 0. The normalized spacial score (nSPS) is 9.95. The van der Waals surface area contributed by atoms with E-state index in [1.165, 1.54) is 12.1 Å². The number of aromatic carboxylic acids is 1. The highest BCUT2D eigenvalue weighted by Gasteiger charge is 2.04. The Morgan fingerprint density at radius 3 is 2.43 bits per heavy atom. The highest BCUT2D eigenvalue weighted by molar-refractivity contribution is 6.30. The highest BCUT2D eigenvalue weighted by Crippen LogP contribution is 2.14. The summed E-state index contributed by atoms with van der Waals surface area (Å²) in [4.78, 5) is 22.4. The molecule has 2 aromatic carbocycles. The molecule has 0 aliphatic rings. The Morgan fingerprint density at radius 2 is 1.81 bits per heavy atom. The number of hydrogen-bond acceptors (Lipinski definition) is 2. The van der Waals surface area contributed by atoms with Crippen LogP contribution in [0.5, 0.6) is 0 Å². The summed E-state index contributed by atoms with van der Waals surface area (Å²) in [5.41, 5.74) is 1.62. The first-order valence-corrected chi connectivity index (χ1v) is 6.55. The summed E-state index contributed by atoms with van der Waals surface area (Å²) in [6.45, 7) is 0.298. The van der Waals surface area contributed by atoms with Gasteiger partial charge in [0.15, 0.2) is 0 Å². The van der Waals surface area contributed by atoms with Crippen LogP contribution in [-0.4, -0.2) is 17.1 Å². The van der Waals surface area contributed by atoms with Crippen LogP contribution in [0.25, 0.3) is 0 Å². The fourth-order valence-corrected chi connectivity index (χ4v) is 1.88. The van der Waals surface area contributed by atoms with Gasteiger partial charge in [0.25, 0.3) is 0 Å². The van der Waals surface area contributed by atoms with Gasteiger partial charge in [-0.1, -0.05) is 29.8 Å². The van der Waals surface area contributed by atoms with Crippen LogP contribution in [0.15, 0.2) is 48.5 Å². The molecule has 0 saturated carbocycles. The maximum absolute atomic E-state index is 11.7. The second-order valence-electron chi connectivity index (χ2n) is 4.32. The van der Waals surface area contributed by atoms with Gasteiger partial charge >= 0.3 is 12.0 Å². The first-order valence-electron chi connectivity index (χ1n) is 6.17. The van der Waals surface area contributed by atoms with E-state index in [4.69, 9.17) is 16.7 Å². The van der Waals surface area contributed by atoms with E-state index in [2.05, 4.69) is 10.6 Å². The zero-order valence-electron chi connectivity index (χ0n) is 11.0. The molecule has 0 unspecified atom stereocenters. The largest absolute Gasteiger partial charge is 0.478 e. The zero-order chi connectivity index (χ0) is 15.2. The van der Waals surface area contributed by atoms with Crippen molar-refractivity contribution in [1.82, 2.24) is 5.32 Å². The van der Waals surface area contributed by atoms with Crippen molar-refractivity contribution in [1.29, 1.82) is 0 Å². The molecule has 21 heavy (non-hydrogen) atoms. The van der Waals surface area contributed by atoms with Gasteiger partial charge in [0.1, 0.15) is 0 Å². The molecule has 0 atom stereocenters. The fourth-order valence-electron chi connectivity index (χ4n) is 1.69. The molecule has 0 aliphatic heterocycles. The second kappa shape index (κ2) is 6.76. The van der Waals surface area contributed by atoms with E-state index in [1.54, 1.807) is 36.4 Å². The fraction of sp³-hybridized carbons (Fsp3) is 0.0667. The Labute approximate surface area is 126 Å². The number of halogens is 1. The lowest BCUT2D eigenvalue weighted by atomic mass is 10.1. The molecule has 2 rings (SSSR count). The number of urea groups is 1. The highest BCUT2D eigenvalue weighted by atomic mass is 35.5. The smallest absolute Gasteiger partial charge is 0.335 e. The van der Waals surface area contributed by atoms with Gasteiger partial charge < -0.3 is 15.7 Å². The minimum Gasteiger partial charge on any atom is -0.478 e. The summed E-state index contributed by atoms with van der Waals surface area (Å²) in [7, 11) is 0. The average Bonchev–Trinajstić information content (AvgIpc) is 2.45. The molecule has 0 radical (unpaired) electrons. The number of benzene rings is 2. The summed E-state index contributed by atoms with van der Waals surface area (Å²) in [6, 6.07) is 12.8. The summed E-state index contributed by atoms with van der Waals surface area (Å²) in [6.07, 6.45) is 0. The van der Waals surface area contributed by atoms with Crippen molar-refractivity contribution in [3.8, 4) is 0 Å². The molecule has 6 heteroatoms. The Bertz CT molecular complexity index is 656. The number of carboxylic acid groups (broad SMARTS) is 1. The molecule has 0 fully saturated rings. The third kappa shape index (κ3) is 4.50. The number of nitrogens with one attached hydrogen (secondary N) is 2. The summed E-state index contributed by atoms with van der Waals surface area (Å²) in [5, 5.41) is 14.7. The summed E-state index contributed by atoms with van der Waals surface area (Å²) in [5.74, 6) is -0.979. The van der Waals surface area contributed by atoms with Gasteiger partial charge in [-0.3, -0.25) is 0 Å². The standard InChI is InChI=1S/C15H13ClN2O3/c16-12-2-1-3-13(8-12)18-15(21)17-9-10-4-6-11(7-5-10)14(19)20/h1-8H,9H2,(H,19,20)(H2,17,18,21). The van der Waals surface area contributed by atoms with E-state index in [-0.39, 0.29) is 11.6 Å². The van der Waals surface area contributed by atoms with Crippen LogP contribution in [0.3, 0.4) is 0 Å². The maximum Gasteiger partial charge on any atom is 0.335 e. The molecule has 0 aromatic heterocycles. The number of hydrogen-bond donors (Lipinski definition) is 3. The zero-order valence-corrected chi connectivity index (χ0v) is 11.7. The van der Waals surface area contributed by atoms with Crippen LogP contribution in [0.1, 0.15) is 15.9 Å². The molecule has 0 saturated heterocycles. The first-order chi connectivity index (χ1) is 10.0. The van der Waals surface area contributed by atoms with Gasteiger partial charge in [-0.25, -0.2) is 9.59 Å². The predicted molar refractivity (Wildman–Crippen MR) is 80.7 cm³/mol. The third-order valence-corrected chi connectivity index (χ3v) is 2.97. The number of carbonyl (C=O) groups is 2. The Kier molecular flexibility index (Phi) is 4.79. The van der Waals surface area contributed by atoms with E-state index in [0.29, 0.717) is 17.3 Å². The monoisotopic (exact) mass is 304 g/mol. The van der Waals surface area contributed by atoms with Crippen LogP contribution in [-0.2, 0) is 6.54 Å². The van der Waals surface area contributed by atoms with Gasteiger partial charge in [0.05, 0.1) is 5.56 Å². The quantitative estimate of drug-likeness (QED) is 0.810. The van der Waals surface area contributed by atoms with Gasteiger partial charge in [-0.15, -0.1) is 0 Å². The Morgan fingerprint density at radius 1 is 1.10 bits per heavy atom. The molecule has 2 aromatic rings. The van der Waals surface area contributed by atoms with E-state index in [1.807, 2.05) is 0 Å². The van der Waals surface area contributed by atoms with Crippen LogP contribution in [0.2, 0.25) is 5.02 Å². The SMILES string of the molecule is O=C(NCc1ccc(C(=O)O)cc1)Nc1cccc(Cl)c1. The molecule has 2 amide bonds. The van der Waals surface area contributed by atoms with E-state index in [0.717, 1.165) is 5.56 Å². The molecule has 0 spiro atoms. The molecule has 108 valence electrons. The third-order valence-electron chi connectivity index (χ3n) is 2.74. The van der Waals surface area contributed by atoms with Crippen molar-refractivity contribution >= 4 is 29.3 Å². The lowest BCUT2D eigenvalue weighted by Gasteiger charge is -2.08. The first kappa shape index (κ1) is 14.9. The van der Waals surface area contributed by atoms with Crippen LogP contribution >= 0.6 is 11.6 Å². The summed E-state index contributed by atoms with van der Waals surface area (Å²) >= 11 is 5.82.